The summed E-state index contributed by atoms with van der Waals surface area (Å²) in [7, 11) is -1.40. The second-order valence-corrected chi connectivity index (χ2v) is 7.84. The maximum absolute atomic E-state index is 12.9. The molecule has 2 atom stereocenters. The molecule has 0 aromatic heterocycles. The summed E-state index contributed by atoms with van der Waals surface area (Å²) in [4.78, 5) is 0. The van der Waals surface area contributed by atoms with E-state index >= 15 is 0 Å². The summed E-state index contributed by atoms with van der Waals surface area (Å²) in [6.45, 7) is 10.6. The molecular weight excluding hydrogens is 299 g/mol. The van der Waals surface area contributed by atoms with Crippen molar-refractivity contribution in [1.29, 1.82) is 0 Å². The summed E-state index contributed by atoms with van der Waals surface area (Å²) < 4.78 is 53.0. The topological polar surface area (TPSA) is 29.1 Å². The van der Waals surface area contributed by atoms with E-state index in [0.29, 0.717) is 11.1 Å². The van der Waals surface area contributed by atoms with Gasteiger partial charge in [0.25, 0.3) is 0 Å². The van der Waals surface area contributed by atoms with Crippen molar-refractivity contribution in [2.24, 2.45) is 0 Å². The van der Waals surface area contributed by atoms with Crippen molar-refractivity contribution in [3.8, 4) is 0 Å². The third-order valence-electron chi connectivity index (χ3n) is 2.81. The fraction of sp³-hybridized carbons (Fsp3) is 0.467. The van der Waals surface area contributed by atoms with Gasteiger partial charge in [-0.1, -0.05) is 17.7 Å². The third-order valence-corrected chi connectivity index (χ3v) is 4.39. The molecule has 0 saturated carbocycles. The molecule has 1 aromatic rings. The normalized spacial score (nSPS) is 15.6. The molecule has 0 saturated heterocycles. The van der Waals surface area contributed by atoms with Crippen LogP contribution in [-0.2, 0) is 17.2 Å². The van der Waals surface area contributed by atoms with Gasteiger partial charge in [0.05, 0.1) is 27.3 Å². The zero-order valence-corrected chi connectivity index (χ0v) is 13.4. The van der Waals surface area contributed by atoms with Gasteiger partial charge in [-0.15, -0.1) is 6.58 Å². The molecule has 0 fully saturated rings. The van der Waals surface area contributed by atoms with Gasteiger partial charge in [0, 0.05) is 0 Å². The molecule has 0 heterocycles. The van der Waals surface area contributed by atoms with Crippen LogP contribution >= 0.6 is 0 Å². The lowest BCUT2D eigenvalue weighted by Gasteiger charge is -2.23. The minimum atomic E-state index is -4.41. The first kappa shape index (κ1) is 17.9. The quantitative estimate of drug-likeness (QED) is 0.824. The molecule has 1 unspecified atom stereocenters. The summed E-state index contributed by atoms with van der Waals surface area (Å²) >= 11 is 0. The van der Waals surface area contributed by atoms with Gasteiger partial charge < -0.3 is 0 Å². The average molecular weight is 319 g/mol. The zero-order chi connectivity index (χ0) is 16.4. The van der Waals surface area contributed by atoms with Gasteiger partial charge in [-0.25, -0.2) is 8.93 Å². The molecule has 1 aromatic carbocycles. The monoisotopic (exact) mass is 319 g/mol. The van der Waals surface area contributed by atoms with E-state index in [0.717, 1.165) is 12.1 Å². The first-order valence-corrected chi connectivity index (χ1v) is 7.59. The number of nitrogens with one attached hydrogen (secondary N) is 1. The molecular formula is C15H20F3NOS. The van der Waals surface area contributed by atoms with Crippen LogP contribution < -0.4 is 4.72 Å². The van der Waals surface area contributed by atoms with Crippen LogP contribution in [0.5, 0.6) is 0 Å². The van der Waals surface area contributed by atoms with Gasteiger partial charge in [-0.05, 0) is 45.4 Å². The first-order chi connectivity index (χ1) is 9.45. The van der Waals surface area contributed by atoms with E-state index in [1.54, 1.807) is 33.8 Å². The Balaban J connectivity index is 3.15. The van der Waals surface area contributed by atoms with E-state index in [2.05, 4.69) is 11.3 Å². The minimum Gasteiger partial charge on any atom is -0.242 e. The van der Waals surface area contributed by atoms with Gasteiger partial charge in [0.2, 0.25) is 0 Å². The van der Waals surface area contributed by atoms with Crippen molar-refractivity contribution in [2.75, 3.05) is 0 Å². The molecule has 0 aliphatic carbocycles. The van der Waals surface area contributed by atoms with Crippen molar-refractivity contribution in [3.05, 3.63) is 47.5 Å². The molecule has 1 rings (SSSR count). The predicted molar refractivity (Wildman–Crippen MR) is 80.2 cm³/mol. The molecule has 0 radical (unpaired) electrons. The maximum Gasteiger partial charge on any atom is 0.416 e. The van der Waals surface area contributed by atoms with Crippen LogP contribution in [0, 0.1) is 6.92 Å². The molecule has 21 heavy (non-hydrogen) atoms. The minimum absolute atomic E-state index is 0.398. The standard InChI is InChI=1S/C15H20F3NOS/c1-6-13(19-21(20)14(3,4)5)11-7-10(2)8-12(9-11)15(16,17)18/h6-9,13,19H,1H2,2-5H3/t13-,21?/m1/s1. The predicted octanol–water partition coefficient (Wildman–Crippen LogP) is 4.29. The summed E-state index contributed by atoms with van der Waals surface area (Å²) in [6, 6.07) is 3.18. The van der Waals surface area contributed by atoms with Crippen LogP contribution in [-0.4, -0.2) is 8.96 Å². The highest BCUT2D eigenvalue weighted by molar-refractivity contribution is 7.84. The fourth-order valence-electron chi connectivity index (χ4n) is 1.70. The molecule has 1 N–H and O–H groups in total. The molecule has 0 spiro atoms. The summed E-state index contributed by atoms with van der Waals surface area (Å²) in [5, 5.41) is 0. The highest BCUT2D eigenvalue weighted by Crippen LogP contribution is 2.32. The first-order valence-electron chi connectivity index (χ1n) is 6.44. The van der Waals surface area contributed by atoms with E-state index < -0.39 is 33.5 Å². The number of alkyl halides is 3. The molecule has 2 nitrogen and oxygen atoms in total. The lowest BCUT2D eigenvalue weighted by molar-refractivity contribution is -0.137. The number of hydrogen-bond acceptors (Lipinski definition) is 1. The van der Waals surface area contributed by atoms with Crippen LogP contribution in [0.2, 0.25) is 0 Å². The van der Waals surface area contributed by atoms with Gasteiger partial charge >= 0.3 is 6.18 Å². The van der Waals surface area contributed by atoms with Gasteiger partial charge in [-0.3, -0.25) is 0 Å². The Hall–Kier alpha value is -1.14. The Labute approximate surface area is 126 Å². The van der Waals surface area contributed by atoms with Crippen molar-refractivity contribution in [1.82, 2.24) is 4.72 Å². The number of halogens is 3. The Morgan fingerprint density at radius 2 is 1.81 bits per heavy atom. The molecule has 0 bridgehead atoms. The highest BCUT2D eigenvalue weighted by Gasteiger charge is 2.31. The maximum atomic E-state index is 12.9. The van der Waals surface area contributed by atoms with Gasteiger partial charge in [0.1, 0.15) is 0 Å². The van der Waals surface area contributed by atoms with Crippen molar-refractivity contribution in [2.45, 2.75) is 44.7 Å². The van der Waals surface area contributed by atoms with E-state index in [-0.39, 0.29) is 0 Å². The lowest BCUT2D eigenvalue weighted by Crippen LogP contribution is -2.35. The van der Waals surface area contributed by atoms with Gasteiger partial charge in [-0.2, -0.15) is 13.2 Å². The average Bonchev–Trinajstić information content (AvgIpc) is 2.32. The molecule has 0 aliphatic rings. The Kier molecular flexibility index (Phi) is 5.39. The van der Waals surface area contributed by atoms with Gasteiger partial charge in [0.15, 0.2) is 0 Å². The van der Waals surface area contributed by atoms with Crippen molar-refractivity contribution in [3.63, 3.8) is 0 Å². The Morgan fingerprint density at radius 1 is 1.24 bits per heavy atom. The smallest absolute Gasteiger partial charge is 0.242 e. The number of aryl methyl sites for hydroxylation is 1. The summed E-state index contributed by atoms with van der Waals surface area (Å²) in [6.07, 6.45) is -2.95. The fourth-order valence-corrected chi connectivity index (χ4v) is 2.52. The highest BCUT2D eigenvalue weighted by atomic mass is 32.2. The number of hydrogen-bond donors (Lipinski definition) is 1. The third kappa shape index (κ3) is 4.97. The molecule has 118 valence electrons. The SMILES string of the molecule is C=C[C@@H](NS(=O)C(C)(C)C)c1cc(C)cc(C(F)(F)F)c1. The summed E-state index contributed by atoms with van der Waals surface area (Å²) in [5.74, 6) is 0. The Morgan fingerprint density at radius 3 is 2.24 bits per heavy atom. The zero-order valence-electron chi connectivity index (χ0n) is 12.5. The van der Waals surface area contributed by atoms with E-state index in [1.807, 2.05) is 0 Å². The number of benzene rings is 1. The van der Waals surface area contributed by atoms with Crippen LogP contribution in [0.3, 0.4) is 0 Å². The van der Waals surface area contributed by atoms with Crippen LogP contribution in [0.1, 0.15) is 43.5 Å². The molecule has 0 amide bonds. The van der Waals surface area contributed by atoms with Crippen molar-refractivity contribution < 1.29 is 17.4 Å². The van der Waals surface area contributed by atoms with Crippen LogP contribution in [0.25, 0.3) is 0 Å². The second kappa shape index (κ2) is 6.32. The van der Waals surface area contributed by atoms with Crippen LogP contribution in [0.15, 0.2) is 30.9 Å². The van der Waals surface area contributed by atoms with E-state index in [1.165, 1.54) is 6.08 Å². The Bertz CT molecular complexity index is 547. The van der Waals surface area contributed by atoms with Crippen molar-refractivity contribution >= 4 is 11.0 Å². The molecule has 0 aliphatic heterocycles. The summed E-state index contributed by atoms with van der Waals surface area (Å²) in [5.41, 5.74) is 0.178. The lowest BCUT2D eigenvalue weighted by atomic mass is 10.0. The largest absolute Gasteiger partial charge is 0.416 e. The molecule has 6 heteroatoms. The number of rotatable bonds is 4. The van der Waals surface area contributed by atoms with E-state index in [4.69, 9.17) is 0 Å². The second-order valence-electron chi connectivity index (χ2n) is 5.84. The van der Waals surface area contributed by atoms with Crippen LogP contribution in [0.4, 0.5) is 13.2 Å². The van der Waals surface area contributed by atoms with E-state index in [9.17, 15) is 17.4 Å².